The van der Waals surface area contributed by atoms with Gasteiger partial charge in [0.25, 0.3) is 0 Å². The van der Waals surface area contributed by atoms with Gasteiger partial charge in [-0.25, -0.2) is 0 Å². The fraction of sp³-hybridized carbons (Fsp3) is 1.00. The quantitative estimate of drug-likeness (QED) is 0.638. The summed E-state index contributed by atoms with van der Waals surface area (Å²) in [4.78, 5) is 2.57. The second-order valence-electron chi connectivity index (χ2n) is 5.26. The highest BCUT2D eigenvalue weighted by molar-refractivity contribution is 6.18. The summed E-state index contributed by atoms with van der Waals surface area (Å²) in [5, 5.41) is 0. The summed E-state index contributed by atoms with van der Waals surface area (Å²) in [6.45, 7) is 10.6. The van der Waals surface area contributed by atoms with Gasteiger partial charge in [-0.15, -0.1) is 11.6 Å². The number of nitrogens with zero attached hydrogens (tertiary/aromatic N) is 1. The van der Waals surface area contributed by atoms with Crippen molar-refractivity contribution in [3.05, 3.63) is 0 Å². The van der Waals surface area contributed by atoms with Crippen LogP contribution in [-0.2, 0) is 0 Å². The van der Waals surface area contributed by atoms with Crippen molar-refractivity contribution in [3.63, 3.8) is 0 Å². The topological polar surface area (TPSA) is 3.24 Å². The number of rotatable bonds is 3. The van der Waals surface area contributed by atoms with Crippen LogP contribution in [0.25, 0.3) is 0 Å². The van der Waals surface area contributed by atoms with Crippen molar-refractivity contribution in [1.29, 1.82) is 0 Å². The number of halogens is 1. The number of piperidine rings is 1. The van der Waals surface area contributed by atoms with Gasteiger partial charge in [-0.05, 0) is 30.7 Å². The van der Waals surface area contributed by atoms with Gasteiger partial charge >= 0.3 is 0 Å². The van der Waals surface area contributed by atoms with Crippen molar-refractivity contribution in [1.82, 2.24) is 4.90 Å². The van der Waals surface area contributed by atoms with E-state index in [-0.39, 0.29) is 0 Å². The van der Waals surface area contributed by atoms with E-state index < -0.39 is 0 Å². The van der Waals surface area contributed by atoms with Gasteiger partial charge in [-0.2, -0.15) is 0 Å². The maximum atomic E-state index is 5.82. The highest BCUT2D eigenvalue weighted by Gasteiger charge is 2.26. The highest BCUT2D eigenvalue weighted by Crippen LogP contribution is 2.28. The molecule has 13 heavy (non-hydrogen) atoms. The van der Waals surface area contributed by atoms with Gasteiger partial charge in [-0.1, -0.05) is 20.8 Å². The van der Waals surface area contributed by atoms with Crippen molar-refractivity contribution < 1.29 is 0 Å². The number of alkyl halides is 1. The van der Waals surface area contributed by atoms with Crippen molar-refractivity contribution in [3.8, 4) is 0 Å². The molecule has 0 amide bonds. The largest absolute Gasteiger partial charge is 0.302 e. The lowest BCUT2D eigenvalue weighted by Gasteiger charge is -2.39. The van der Waals surface area contributed by atoms with E-state index in [2.05, 4.69) is 25.7 Å². The lowest BCUT2D eigenvalue weighted by molar-refractivity contribution is 0.107. The second-order valence-corrected chi connectivity index (χ2v) is 5.57. The molecule has 0 aliphatic carbocycles. The van der Waals surface area contributed by atoms with Gasteiger partial charge in [0.05, 0.1) is 0 Å². The molecule has 1 atom stereocenters. The first-order valence-electron chi connectivity index (χ1n) is 5.32. The first kappa shape index (κ1) is 11.3. The number of hydrogen-bond acceptors (Lipinski definition) is 1. The molecule has 1 aliphatic heterocycles. The molecule has 2 heteroatoms. The van der Waals surface area contributed by atoms with Gasteiger partial charge in [0.15, 0.2) is 0 Å². The lowest BCUT2D eigenvalue weighted by Crippen LogP contribution is -2.42. The average molecular weight is 204 g/mol. The second kappa shape index (κ2) is 4.65. The van der Waals surface area contributed by atoms with E-state index in [4.69, 9.17) is 11.6 Å². The monoisotopic (exact) mass is 203 g/mol. The molecule has 0 saturated carbocycles. The molecule has 0 aromatic rings. The molecule has 0 N–H and O–H groups in total. The molecule has 1 rings (SSSR count). The Balaban J connectivity index is 2.34. The van der Waals surface area contributed by atoms with Crippen molar-refractivity contribution in [2.75, 3.05) is 25.5 Å². The first-order valence-corrected chi connectivity index (χ1v) is 5.85. The Morgan fingerprint density at radius 3 is 2.69 bits per heavy atom. The molecule has 1 saturated heterocycles. The summed E-state index contributed by atoms with van der Waals surface area (Å²) in [6.07, 6.45) is 2.72. The van der Waals surface area contributed by atoms with Crippen LogP contribution in [0.4, 0.5) is 0 Å². The Morgan fingerprint density at radius 1 is 1.46 bits per heavy atom. The summed E-state index contributed by atoms with van der Waals surface area (Å²) in [5.74, 6) is 1.42. The van der Waals surface area contributed by atoms with Crippen LogP contribution in [0.5, 0.6) is 0 Å². The van der Waals surface area contributed by atoms with E-state index in [0.29, 0.717) is 11.3 Å². The summed E-state index contributed by atoms with van der Waals surface area (Å²) < 4.78 is 0. The maximum absolute atomic E-state index is 5.82. The molecule has 0 bridgehead atoms. The lowest BCUT2D eigenvalue weighted by atomic mass is 9.84. The van der Waals surface area contributed by atoms with Gasteiger partial charge in [0.1, 0.15) is 0 Å². The van der Waals surface area contributed by atoms with Gasteiger partial charge < -0.3 is 4.90 Å². The first-order chi connectivity index (χ1) is 6.03. The molecular weight excluding hydrogens is 182 g/mol. The normalized spacial score (nSPS) is 25.8. The van der Waals surface area contributed by atoms with Gasteiger partial charge in [0, 0.05) is 19.0 Å². The van der Waals surface area contributed by atoms with E-state index in [1.165, 1.54) is 32.5 Å². The van der Waals surface area contributed by atoms with Crippen molar-refractivity contribution in [2.45, 2.75) is 33.6 Å². The zero-order valence-electron chi connectivity index (χ0n) is 9.15. The van der Waals surface area contributed by atoms with Crippen LogP contribution in [0, 0.1) is 11.3 Å². The molecule has 0 aromatic heterocycles. The summed E-state index contributed by atoms with van der Waals surface area (Å²) in [6, 6.07) is 0. The molecule has 1 aliphatic rings. The molecule has 1 fully saturated rings. The Bertz CT molecular complexity index is 156. The Kier molecular flexibility index (Phi) is 4.06. The molecular formula is C11H22ClN. The van der Waals surface area contributed by atoms with E-state index >= 15 is 0 Å². The Morgan fingerprint density at radius 2 is 2.15 bits per heavy atom. The zero-order chi connectivity index (χ0) is 9.90. The molecule has 0 aromatic carbocycles. The van der Waals surface area contributed by atoms with Gasteiger partial charge in [-0.3, -0.25) is 0 Å². The predicted molar refractivity (Wildman–Crippen MR) is 59.3 cm³/mol. The summed E-state index contributed by atoms with van der Waals surface area (Å²) >= 11 is 5.82. The predicted octanol–water partition coefficient (Wildman–Crippen LogP) is 2.98. The number of likely N-dealkylation sites (tertiary alicyclic amines) is 1. The summed E-state index contributed by atoms with van der Waals surface area (Å²) in [7, 11) is 0. The van der Waals surface area contributed by atoms with E-state index in [1.807, 2.05) is 0 Å². The van der Waals surface area contributed by atoms with Crippen LogP contribution < -0.4 is 0 Å². The fourth-order valence-corrected chi connectivity index (χ4v) is 2.29. The standard InChI is InChI=1S/C11H22ClN/c1-10(7-12)8-13-6-4-5-11(2,3)9-13/h10H,4-9H2,1-3H3. The fourth-order valence-electron chi connectivity index (χ4n) is 2.19. The third-order valence-corrected chi connectivity index (χ3v) is 3.34. The minimum absolute atomic E-state index is 0.518. The van der Waals surface area contributed by atoms with Crippen molar-refractivity contribution in [2.24, 2.45) is 11.3 Å². The zero-order valence-corrected chi connectivity index (χ0v) is 9.90. The van der Waals surface area contributed by atoms with Crippen molar-refractivity contribution >= 4 is 11.6 Å². The molecule has 0 spiro atoms. The average Bonchev–Trinajstić information content (AvgIpc) is 2.02. The Hall–Kier alpha value is 0.250. The molecule has 0 radical (unpaired) electrons. The third kappa shape index (κ3) is 3.86. The minimum Gasteiger partial charge on any atom is -0.302 e. The minimum atomic E-state index is 0.518. The molecule has 1 heterocycles. The maximum Gasteiger partial charge on any atom is 0.0261 e. The van der Waals surface area contributed by atoms with Gasteiger partial charge in [0.2, 0.25) is 0 Å². The van der Waals surface area contributed by atoms with Crippen LogP contribution in [0.1, 0.15) is 33.6 Å². The van der Waals surface area contributed by atoms with Crippen LogP contribution in [0.15, 0.2) is 0 Å². The molecule has 1 unspecified atom stereocenters. The number of hydrogen-bond donors (Lipinski definition) is 0. The Labute approximate surface area is 87.4 Å². The van der Waals surface area contributed by atoms with E-state index in [1.54, 1.807) is 0 Å². The van der Waals surface area contributed by atoms with E-state index in [0.717, 1.165) is 5.88 Å². The molecule has 1 nitrogen and oxygen atoms in total. The van der Waals surface area contributed by atoms with Crippen LogP contribution >= 0.6 is 11.6 Å². The smallest absolute Gasteiger partial charge is 0.0261 e. The SMILES string of the molecule is CC(CCl)CN1CCCC(C)(C)C1. The van der Waals surface area contributed by atoms with Crippen LogP contribution in [-0.4, -0.2) is 30.4 Å². The van der Waals surface area contributed by atoms with Crippen LogP contribution in [0.2, 0.25) is 0 Å². The van der Waals surface area contributed by atoms with Crippen LogP contribution in [0.3, 0.4) is 0 Å². The summed E-state index contributed by atoms with van der Waals surface area (Å²) in [5.41, 5.74) is 0.518. The third-order valence-electron chi connectivity index (χ3n) is 2.81. The highest BCUT2D eigenvalue weighted by atomic mass is 35.5. The van der Waals surface area contributed by atoms with E-state index in [9.17, 15) is 0 Å². The molecule has 78 valence electrons.